The second kappa shape index (κ2) is 16.4. The molecule has 1 aromatic carbocycles. The maximum absolute atomic E-state index is 15.3. The van der Waals surface area contributed by atoms with E-state index in [4.69, 9.17) is 18.9 Å². The smallest absolute Gasteiger partial charge is 0.408 e. The highest BCUT2D eigenvalue weighted by Gasteiger charge is 2.53. The second-order valence-electron chi connectivity index (χ2n) is 14.9. The zero-order chi connectivity index (χ0) is 37.7. The fourth-order valence-electron chi connectivity index (χ4n) is 6.33. The minimum Gasteiger partial charge on any atom is -0.497 e. The molecule has 11 nitrogen and oxygen atoms in total. The van der Waals surface area contributed by atoms with Gasteiger partial charge in [-0.25, -0.2) is 19.6 Å². The number of hydrogen-bond acceptors (Lipinski definition) is 9. The standard InChI is InChI=1S/C38H52F2N4O7/c1-10-13-15-23-18-28(23)51-36(47)43-32(37(6,7)8)34(45)44-20-29(25(14-11-2)30(44)35(46)49-21-22(4)5)50-33-31(38(39,40)12-3)41-26-17-16-24(48-9)19-27(26)42-33/h10,12,16-17,19,22-23,25,28-30,32H,1,3,11,13-15,18,20-21H2,2,4-9H3,(H,43,47)/t23-,25-,28-,29+,30+,32-/m1/s1. The molecular weight excluding hydrogens is 662 g/mol. The van der Waals surface area contributed by atoms with Gasteiger partial charge in [-0.2, -0.15) is 8.78 Å². The average molecular weight is 715 g/mol. The van der Waals surface area contributed by atoms with E-state index in [-0.39, 0.29) is 42.1 Å². The van der Waals surface area contributed by atoms with Crippen molar-refractivity contribution < 1.29 is 42.1 Å². The first-order valence-electron chi connectivity index (χ1n) is 17.6. The van der Waals surface area contributed by atoms with Gasteiger partial charge >= 0.3 is 18.0 Å². The maximum atomic E-state index is 15.3. The fraction of sp³-hybridized carbons (Fsp3) is 0.605. The molecule has 13 heteroatoms. The van der Waals surface area contributed by atoms with Crippen molar-refractivity contribution in [2.75, 3.05) is 20.3 Å². The number of alkyl halides is 2. The Kier molecular flexibility index (Phi) is 12.7. The van der Waals surface area contributed by atoms with E-state index in [0.717, 1.165) is 19.3 Å². The lowest BCUT2D eigenvalue weighted by molar-refractivity contribution is -0.157. The van der Waals surface area contributed by atoms with E-state index >= 15 is 8.78 Å². The lowest BCUT2D eigenvalue weighted by Gasteiger charge is -2.35. The Hall–Kier alpha value is -4.29. The van der Waals surface area contributed by atoms with Crippen molar-refractivity contribution >= 4 is 29.0 Å². The number of esters is 1. The number of alkyl carbamates (subject to hydrolysis) is 1. The first-order valence-corrected chi connectivity index (χ1v) is 17.6. The summed E-state index contributed by atoms with van der Waals surface area (Å²) in [6, 6.07) is 2.41. The molecule has 2 fully saturated rings. The molecule has 2 heterocycles. The topological polar surface area (TPSA) is 129 Å². The van der Waals surface area contributed by atoms with E-state index in [1.54, 1.807) is 32.9 Å². The maximum Gasteiger partial charge on any atom is 0.408 e. The average Bonchev–Trinajstić information content (AvgIpc) is 3.72. The monoisotopic (exact) mass is 714 g/mol. The van der Waals surface area contributed by atoms with Crippen molar-refractivity contribution in [3.8, 4) is 11.6 Å². The van der Waals surface area contributed by atoms with Gasteiger partial charge in [-0.1, -0.05) is 60.6 Å². The molecule has 0 unspecified atom stereocenters. The molecule has 1 aromatic heterocycles. The number of amides is 2. The highest BCUT2D eigenvalue weighted by atomic mass is 19.3. The number of rotatable bonds is 16. The van der Waals surface area contributed by atoms with Crippen molar-refractivity contribution in [3.63, 3.8) is 0 Å². The van der Waals surface area contributed by atoms with Crippen molar-refractivity contribution in [3.05, 3.63) is 49.2 Å². The molecule has 2 aliphatic rings. The third-order valence-electron chi connectivity index (χ3n) is 9.21. The molecule has 1 saturated heterocycles. The molecule has 1 saturated carbocycles. The highest BCUT2D eigenvalue weighted by Crippen LogP contribution is 2.40. The first kappa shape index (κ1) is 39.5. The van der Waals surface area contributed by atoms with E-state index in [2.05, 4.69) is 28.4 Å². The van der Waals surface area contributed by atoms with Crippen LogP contribution in [0.1, 0.15) is 79.3 Å². The van der Waals surface area contributed by atoms with Gasteiger partial charge in [0.25, 0.3) is 0 Å². The number of nitrogens with zero attached hydrogens (tertiary/aromatic N) is 3. The molecule has 6 atom stereocenters. The Morgan fingerprint density at radius 1 is 1.10 bits per heavy atom. The molecule has 0 spiro atoms. The molecule has 2 aromatic rings. The summed E-state index contributed by atoms with van der Waals surface area (Å²) in [6.45, 7) is 18.0. The van der Waals surface area contributed by atoms with Gasteiger partial charge in [-0.15, -0.1) is 6.58 Å². The third-order valence-corrected chi connectivity index (χ3v) is 9.21. The van der Waals surface area contributed by atoms with Crippen molar-refractivity contribution in [1.29, 1.82) is 0 Å². The summed E-state index contributed by atoms with van der Waals surface area (Å²) in [5.74, 6) is -5.25. The number of hydrogen-bond donors (Lipinski definition) is 1. The molecule has 51 heavy (non-hydrogen) atoms. The lowest BCUT2D eigenvalue weighted by Crippen LogP contribution is -2.57. The van der Waals surface area contributed by atoms with Gasteiger partial charge in [0.2, 0.25) is 11.8 Å². The number of aromatic nitrogens is 2. The second-order valence-corrected chi connectivity index (χ2v) is 14.9. The fourth-order valence-corrected chi connectivity index (χ4v) is 6.33. The highest BCUT2D eigenvalue weighted by molar-refractivity contribution is 5.91. The van der Waals surface area contributed by atoms with E-state index < -0.39 is 65.0 Å². The van der Waals surface area contributed by atoms with Crippen LogP contribution in [0.5, 0.6) is 11.6 Å². The predicted octanol–water partition coefficient (Wildman–Crippen LogP) is 6.99. The van der Waals surface area contributed by atoms with Gasteiger partial charge in [0.1, 0.15) is 30.0 Å². The van der Waals surface area contributed by atoms with Crippen LogP contribution in [0.15, 0.2) is 43.5 Å². The summed E-state index contributed by atoms with van der Waals surface area (Å²) >= 11 is 0. The third kappa shape index (κ3) is 9.53. The lowest BCUT2D eigenvalue weighted by atomic mass is 9.85. The quantitative estimate of drug-likeness (QED) is 0.145. The van der Waals surface area contributed by atoms with Crippen molar-refractivity contribution in [1.82, 2.24) is 20.2 Å². The number of halogens is 2. The molecule has 1 aliphatic carbocycles. The van der Waals surface area contributed by atoms with E-state index in [9.17, 15) is 14.4 Å². The summed E-state index contributed by atoms with van der Waals surface area (Å²) in [7, 11) is 1.47. The van der Waals surface area contributed by atoms with Gasteiger partial charge in [-0.3, -0.25) is 4.79 Å². The minimum atomic E-state index is -3.62. The van der Waals surface area contributed by atoms with Crippen LogP contribution in [0.3, 0.4) is 0 Å². The van der Waals surface area contributed by atoms with Crippen LogP contribution >= 0.6 is 0 Å². The summed E-state index contributed by atoms with van der Waals surface area (Å²) < 4.78 is 53.6. The zero-order valence-electron chi connectivity index (χ0n) is 30.7. The molecule has 1 N–H and O–H groups in total. The van der Waals surface area contributed by atoms with Crippen LogP contribution in [0, 0.1) is 23.2 Å². The summed E-state index contributed by atoms with van der Waals surface area (Å²) in [5, 5.41) is 2.76. The Morgan fingerprint density at radius 3 is 2.43 bits per heavy atom. The molecule has 1 aliphatic heterocycles. The summed E-state index contributed by atoms with van der Waals surface area (Å²) in [5.41, 5.74) is -1.13. The van der Waals surface area contributed by atoms with Gasteiger partial charge in [0, 0.05) is 12.0 Å². The Balaban J connectivity index is 1.72. The number of allylic oxidation sites excluding steroid dienone is 2. The first-order chi connectivity index (χ1) is 24.0. The number of ether oxygens (including phenoxy) is 4. The van der Waals surface area contributed by atoms with Gasteiger partial charge in [0.05, 0.1) is 31.3 Å². The Bertz CT molecular complexity index is 1590. The number of benzene rings is 1. The Morgan fingerprint density at radius 2 is 1.82 bits per heavy atom. The van der Waals surface area contributed by atoms with Crippen LogP contribution in [-0.2, 0) is 25.0 Å². The largest absolute Gasteiger partial charge is 0.497 e. The Labute approximate surface area is 299 Å². The van der Waals surface area contributed by atoms with Crippen LogP contribution in [0.25, 0.3) is 11.0 Å². The minimum absolute atomic E-state index is 0.0150. The van der Waals surface area contributed by atoms with Gasteiger partial charge in [-0.05, 0) is 61.1 Å². The molecule has 0 radical (unpaired) electrons. The van der Waals surface area contributed by atoms with Crippen LogP contribution < -0.4 is 14.8 Å². The zero-order valence-corrected chi connectivity index (χ0v) is 30.7. The summed E-state index contributed by atoms with van der Waals surface area (Å²) in [6.07, 6.45) is 3.71. The predicted molar refractivity (Wildman–Crippen MR) is 188 cm³/mol. The SMILES string of the molecule is C=CCC[C@@H]1C[C@H]1OC(=O)N[C@H](C(=O)N1C[C@H](Oc2nc3cc(OC)ccc3nc2C(F)(F)C=C)[C@@H](CCC)[C@H]1C(=O)OCC(C)C)C(C)(C)C. The van der Waals surface area contributed by atoms with Crippen LogP contribution in [0.4, 0.5) is 13.6 Å². The van der Waals surface area contributed by atoms with Crippen LogP contribution in [-0.4, -0.2) is 77.4 Å². The van der Waals surface area contributed by atoms with Gasteiger partial charge in [0.15, 0.2) is 5.69 Å². The number of fused-ring (bicyclic) bond motifs is 1. The van der Waals surface area contributed by atoms with Gasteiger partial charge < -0.3 is 29.2 Å². The number of likely N-dealkylation sites (tertiary alicyclic amines) is 1. The molecule has 280 valence electrons. The van der Waals surface area contributed by atoms with Crippen molar-refractivity contribution in [2.45, 2.75) is 104 Å². The molecular formula is C38H52F2N4O7. The number of methoxy groups -OCH3 is 1. The van der Waals surface area contributed by atoms with E-state index in [1.165, 1.54) is 18.1 Å². The number of nitrogens with one attached hydrogen (secondary N) is 1. The normalized spacial score (nSPS) is 22.3. The summed E-state index contributed by atoms with van der Waals surface area (Å²) in [4.78, 5) is 51.5. The molecule has 4 rings (SSSR count). The number of carbonyl (C=O) groups is 3. The molecule has 2 amide bonds. The number of carbonyl (C=O) groups excluding carboxylic acids is 3. The molecule has 0 bridgehead atoms. The van der Waals surface area contributed by atoms with Crippen molar-refractivity contribution in [2.24, 2.45) is 23.2 Å². The van der Waals surface area contributed by atoms with Crippen LogP contribution in [0.2, 0.25) is 0 Å². The van der Waals surface area contributed by atoms with E-state index in [1.807, 2.05) is 26.8 Å². The van der Waals surface area contributed by atoms with E-state index in [0.29, 0.717) is 24.7 Å².